The molecule has 2 aromatic rings. The second-order valence-electron chi connectivity index (χ2n) is 4.13. The van der Waals surface area contributed by atoms with E-state index in [1.54, 1.807) is 24.4 Å². The number of para-hydroxylation sites is 1. The van der Waals surface area contributed by atoms with Crippen molar-refractivity contribution in [2.75, 3.05) is 5.32 Å². The van der Waals surface area contributed by atoms with E-state index >= 15 is 0 Å². The van der Waals surface area contributed by atoms with Crippen LogP contribution in [-0.2, 0) is 4.79 Å². The van der Waals surface area contributed by atoms with Crippen molar-refractivity contribution in [2.45, 2.75) is 6.92 Å². The lowest BCUT2D eigenvalue weighted by molar-refractivity contribution is -0.112. The predicted molar refractivity (Wildman–Crippen MR) is 74.7 cm³/mol. The molecule has 4 N–H and O–H groups in total. The van der Waals surface area contributed by atoms with Crippen LogP contribution in [0.3, 0.4) is 0 Å². The van der Waals surface area contributed by atoms with Crippen LogP contribution in [0.15, 0.2) is 42.6 Å². The van der Waals surface area contributed by atoms with Gasteiger partial charge in [-0.2, -0.15) is 0 Å². The molecule has 0 fully saturated rings. The minimum atomic E-state index is -0.758. The summed E-state index contributed by atoms with van der Waals surface area (Å²) in [7, 11) is 0. The van der Waals surface area contributed by atoms with Gasteiger partial charge in [0.25, 0.3) is 5.91 Å². The summed E-state index contributed by atoms with van der Waals surface area (Å²) in [6.45, 7) is 1.96. The number of aromatic nitrogens is 1. The number of nitrogens with zero attached hydrogens (tertiary/aromatic N) is 1. The third-order valence-corrected chi connectivity index (χ3v) is 2.62. The van der Waals surface area contributed by atoms with E-state index in [-0.39, 0.29) is 5.71 Å². The molecule has 0 atom stereocenters. The van der Waals surface area contributed by atoms with E-state index in [0.717, 1.165) is 5.56 Å². The Bertz CT molecular complexity index is 637. The molecule has 2 rings (SSSR count). The minimum absolute atomic E-state index is 0.226. The number of amides is 1. The largest absolute Gasteiger partial charge is 0.364 e. The molecule has 5 heteroatoms. The van der Waals surface area contributed by atoms with Crippen LogP contribution >= 0.6 is 0 Å². The summed E-state index contributed by atoms with van der Waals surface area (Å²) in [5.41, 5.74) is 7.08. The van der Waals surface area contributed by atoms with E-state index in [1.807, 2.05) is 25.1 Å². The predicted octanol–water partition coefficient (Wildman–Crippen LogP) is 1.99. The van der Waals surface area contributed by atoms with Crippen molar-refractivity contribution in [3.8, 4) is 0 Å². The number of benzene rings is 1. The molecule has 0 saturated heterocycles. The Morgan fingerprint density at radius 1 is 1.32 bits per heavy atom. The van der Waals surface area contributed by atoms with Gasteiger partial charge in [0.1, 0.15) is 11.5 Å². The van der Waals surface area contributed by atoms with Crippen molar-refractivity contribution in [1.82, 2.24) is 4.98 Å². The van der Waals surface area contributed by atoms with Gasteiger partial charge in [-0.15, -0.1) is 0 Å². The first kappa shape index (κ1) is 12.8. The van der Waals surface area contributed by atoms with Crippen molar-refractivity contribution in [3.63, 3.8) is 0 Å². The second-order valence-corrected chi connectivity index (χ2v) is 4.13. The zero-order chi connectivity index (χ0) is 13.8. The van der Waals surface area contributed by atoms with E-state index in [4.69, 9.17) is 11.1 Å². The zero-order valence-electron chi connectivity index (χ0n) is 10.5. The molecule has 1 heterocycles. The Labute approximate surface area is 111 Å². The molecule has 0 aliphatic heterocycles. The molecule has 0 unspecified atom stereocenters. The summed E-state index contributed by atoms with van der Waals surface area (Å²) in [4.78, 5) is 15.3. The SMILES string of the molecule is Cc1ccnc(Nc2ccccc2C(=N)C(N)=O)c1. The standard InChI is InChI=1S/C14H14N4O/c1-9-6-7-17-12(8-9)18-11-5-3-2-4-10(11)13(15)14(16)19/h2-8,15H,1H3,(H2,16,19)(H,17,18). The van der Waals surface area contributed by atoms with Crippen LogP contribution in [-0.4, -0.2) is 16.6 Å². The fraction of sp³-hybridized carbons (Fsp3) is 0.0714. The first-order valence-corrected chi connectivity index (χ1v) is 5.75. The van der Waals surface area contributed by atoms with E-state index in [2.05, 4.69) is 10.3 Å². The summed E-state index contributed by atoms with van der Waals surface area (Å²) >= 11 is 0. The Hall–Kier alpha value is -2.69. The normalized spacial score (nSPS) is 9.95. The molecular weight excluding hydrogens is 240 g/mol. The number of hydrogen-bond acceptors (Lipinski definition) is 4. The van der Waals surface area contributed by atoms with Crippen LogP contribution in [0.5, 0.6) is 0 Å². The lowest BCUT2D eigenvalue weighted by atomic mass is 10.1. The van der Waals surface area contributed by atoms with Crippen LogP contribution in [0.1, 0.15) is 11.1 Å². The fourth-order valence-corrected chi connectivity index (χ4v) is 1.69. The molecule has 0 aliphatic rings. The average Bonchev–Trinajstić information content (AvgIpc) is 2.38. The van der Waals surface area contributed by atoms with Crippen LogP contribution < -0.4 is 11.1 Å². The number of carbonyl (C=O) groups excluding carboxylic acids is 1. The molecule has 96 valence electrons. The van der Waals surface area contributed by atoms with Crippen LogP contribution in [0.4, 0.5) is 11.5 Å². The van der Waals surface area contributed by atoms with Crippen molar-refractivity contribution < 1.29 is 4.79 Å². The van der Waals surface area contributed by atoms with Gasteiger partial charge < -0.3 is 11.1 Å². The van der Waals surface area contributed by atoms with Gasteiger partial charge in [0.15, 0.2) is 0 Å². The van der Waals surface area contributed by atoms with Gasteiger partial charge in [-0.1, -0.05) is 18.2 Å². The summed E-state index contributed by atoms with van der Waals surface area (Å²) in [5, 5.41) is 10.8. The number of aryl methyl sites for hydroxylation is 1. The van der Waals surface area contributed by atoms with Crippen molar-refractivity contribution in [3.05, 3.63) is 53.7 Å². The molecule has 0 aliphatic carbocycles. The summed E-state index contributed by atoms with van der Waals surface area (Å²) < 4.78 is 0. The van der Waals surface area contributed by atoms with E-state index in [0.29, 0.717) is 17.1 Å². The molecule has 1 amide bonds. The number of nitrogens with two attached hydrogens (primary N) is 1. The maximum Gasteiger partial charge on any atom is 0.267 e. The second kappa shape index (κ2) is 5.30. The van der Waals surface area contributed by atoms with Crippen LogP contribution in [0.25, 0.3) is 0 Å². The highest BCUT2D eigenvalue weighted by Crippen LogP contribution is 2.20. The number of primary amides is 1. The van der Waals surface area contributed by atoms with Gasteiger partial charge in [0, 0.05) is 17.4 Å². The maximum atomic E-state index is 11.1. The number of nitrogens with one attached hydrogen (secondary N) is 2. The lowest BCUT2D eigenvalue weighted by Gasteiger charge is -2.11. The third kappa shape index (κ3) is 2.95. The van der Waals surface area contributed by atoms with Crippen molar-refractivity contribution >= 4 is 23.1 Å². The molecule has 19 heavy (non-hydrogen) atoms. The molecule has 0 spiro atoms. The van der Waals surface area contributed by atoms with Crippen LogP contribution in [0.2, 0.25) is 0 Å². The van der Waals surface area contributed by atoms with Gasteiger partial charge >= 0.3 is 0 Å². The smallest absolute Gasteiger partial charge is 0.267 e. The molecular formula is C14H14N4O. The third-order valence-electron chi connectivity index (χ3n) is 2.62. The summed E-state index contributed by atoms with van der Waals surface area (Å²) in [6.07, 6.45) is 1.69. The molecule has 0 bridgehead atoms. The first-order chi connectivity index (χ1) is 9.08. The molecule has 0 saturated carbocycles. The topological polar surface area (TPSA) is 91.9 Å². The molecule has 1 aromatic carbocycles. The highest BCUT2D eigenvalue weighted by molar-refractivity contribution is 6.44. The number of rotatable bonds is 4. The number of anilines is 2. The Kier molecular flexibility index (Phi) is 3.56. The molecule has 0 radical (unpaired) electrons. The minimum Gasteiger partial charge on any atom is -0.364 e. The Morgan fingerprint density at radius 3 is 2.74 bits per heavy atom. The van der Waals surface area contributed by atoms with Gasteiger partial charge in [-0.05, 0) is 30.7 Å². The highest BCUT2D eigenvalue weighted by Gasteiger charge is 2.12. The van der Waals surface area contributed by atoms with E-state index in [1.165, 1.54) is 0 Å². The number of carbonyl (C=O) groups is 1. The number of pyridine rings is 1. The van der Waals surface area contributed by atoms with Gasteiger partial charge in [-0.25, -0.2) is 4.98 Å². The monoisotopic (exact) mass is 254 g/mol. The lowest BCUT2D eigenvalue weighted by Crippen LogP contribution is -2.23. The highest BCUT2D eigenvalue weighted by atomic mass is 16.1. The fourth-order valence-electron chi connectivity index (χ4n) is 1.69. The van der Waals surface area contributed by atoms with Gasteiger partial charge in [0.05, 0.1) is 0 Å². The van der Waals surface area contributed by atoms with E-state index < -0.39 is 5.91 Å². The Morgan fingerprint density at radius 2 is 2.05 bits per heavy atom. The van der Waals surface area contributed by atoms with Gasteiger partial charge in [-0.3, -0.25) is 10.2 Å². The van der Waals surface area contributed by atoms with E-state index in [9.17, 15) is 4.79 Å². The zero-order valence-corrected chi connectivity index (χ0v) is 10.5. The van der Waals surface area contributed by atoms with Crippen molar-refractivity contribution in [1.29, 1.82) is 5.41 Å². The van der Waals surface area contributed by atoms with Crippen molar-refractivity contribution in [2.24, 2.45) is 5.73 Å². The Balaban J connectivity index is 2.35. The van der Waals surface area contributed by atoms with Gasteiger partial charge in [0.2, 0.25) is 0 Å². The average molecular weight is 254 g/mol. The quantitative estimate of drug-likeness (QED) is 0.728. The molecule has 5 nitrogen and oxygen atoms in total. The maximum absolute atomic E-state index is 11.1. The summed E-state index contributed by atoms with van der Waals surface area (Å²) in [6, 6.07) is 10.8. The number of hydrogen-bond donors (Lipinski definition) is 3. The first-order valence-electron chi connectivity index (χ1n) is 5.75. The molecule has 1 aromatic heterocycles. The van der Waals surface area contributed by atoms with Crippen LogP contribution in [0, 0.1) is 12.3 Å². The summed E-state index contributed by atoms with van der Waals surface area (Å²) in [5.74, 6) is -0.101.